The SMILES string of the molecule is Cc1cccc(C=CC(=O)N2CC[C@H](O)C2)c1. The Bertz CT molecular complexity index is 440. The van der Waals surface area contributed by atoms with Gasteiger partial charge in [0.05, 0.1) is 6.10 Å². The standard InChI is InChI=1S/C14H17NO2/c1-11-3-2-4-12(9-11)5-6-14(17)15-8-7-13(16)10-15/h2-6,9,13,16H,7-8,10H2,1H3/t13-/m0/s1. The molecule has 1 aromatic rings. The second-order valence-corrected chi connectivity index (χ2v) is 4.47. The van der Waals surface area contributed by atoms with Crippen LogP contribution in [0.4, 0.5) is 0 Å². The molecule has 1 saturated heterocycles. The molecule has 90 valence electrons. The van der Waals surface area contributed by atoms with Gasteiger partial charge in [-0.25, -0.2) is 0 Å². The average Bonchev–Trinajstić information content (AvgIpc) is 2.73. The predicted molar refractivity (Wildman–Crippen MR) is 67.4 cm³/mol. The first-order valence-electron chi connectivity index (χ1n) is 5.87. The van der Waals surface area contributed by atoms with Crippen LogP contribution in [0.15, 0.2) is 30.3 Å². The number of amides is 1. The molecule has 17 heavy (non-hydrogen) atoms. The van der Waals surface area contributed by atoms with Gasteiger partial charge in [0, 0.05) is 19.2 Å². The minimum Gasteiger partial charge on any atom is -0.391 e. The van der Waals surface area contributed by atoms with E-state index in [2.05, 4.69) is 0 Å². The molecule has 0 unspecified atom stereocenters. The van der Waals surface area contributed by atoms with E-state index in [0.29, 0.717) is 19.5 Å². The molecule has 0 aromatic heterocycles. The summed E-state index contributed by atoms with van der Waals surface area (Å²) in [4.78, 5) is 13.5. The van der Waals surface area contributed by atoms with Crippen molar-refractivity contribution in [2.75, 3.05) is 13.1 Å². The van der Waals surface area contributed by atoms with Gasteiger partial charge in [0.15, 0.2) is 0 Å². The highest BCUT2D eigenvalue weighted by atomic mass is 16.3. The van der Waals surface area contributed by atoms with Crippen molar-refractivity contribution in [1.82, 2.24) is 4.90 Å². The molecule has 3 nitrogen and oxygen atoms in total. The maximum Gasteiger partial charge on any atom is 0.246 e. The number of aliphatic hydroxyl groups is 1. The number of carbonyl (C=O) groups is 1. The van der Waals surface area contributed by atoms with Crippen LogP contribution in [0.3, 0.4) is 0 Å². The van der Waals surface area contributed by atoms with E-state index in [9.17, 15) is 9.90 Å². The summed E-state index contributed by atoms with van der Waals surface area (Å²) in [6, 6.07) is 7.99. The molecule has 0 saturated carbocycles. The van der Waals surface area contributed by atoms with Crippen molar-refractivity contribution < 1.29 is 9.90 Å². The van der Waals surface area contributed by atoms with E-state index >= 15 is 0 Å². The van der Waals surface area contributed by atoms with E-state index < -0.39 is 0 Å². The monoisotopic (exact) mass is 231 g/mol. The maximum absolute atomic E-state index is 11.8. The van der Waals surface area contributed by atoms with E-state index in [0.717, 1.165) is 5.56 Å². The molecule has 3 heteroatoms. The van der Waals surface area contributed by atoms with Crippen LogP contribution in [0.1, 0.15) is 17.5 Å². The van der Waals surface area contributed by atoms with Crippen molar-refractivity contribution in [2.24, 2.45) is 0 Å². The van der Waals surface area contributed by atoms with Gasteiger partial charge in [-0.2, -0.15) is 0 Å². The number of aryl methyl sites for hydroxylation is 1. The Kier molecular flexibility index (Phi) is 3.59. The summed E-state index contributed by atoms with van der Waals surface area (Å²) < 4.78 is 0. The molecule has 1 aromatic carbocycles. The summed E-state index contributed by atoms with van der Waals surface area (Å²) in [5.74, 6) is -0.0249. The lowest BCUT2D eigenvalue weighted by molar-refractivity contribution is -0.125. The fourth-order valence-corrected chi connectivity index (χ4v) is 1.99. The molecule has 1 heterocycles. The van der Waals surface area contributed by atoms with Crippen LogP contribution in [0.25, 0.3) is 6.08 Å². The molecule has 1 atom stereocenters. The smallest absolute Gasteiger partial charge is 0.246 e. The number of hydrogen-bond acceptors (Lipinski definition) is 2. The van der Waals surface area contributed by atoms with Crippen molar-refractivity contribution in [2.45, 2.75) is 19.4 Å². The normalized spacial score (nSPS) is 20.1. The zero-order valence-electron chi connectivity index (χ0n) is 9.97. The molecule has 1 aliphatic heterocycles. The number of hydrogen-bond donors (Lipinski definition) is 1. The molecule has 1 fully saturated rings. The minimum absolute atomic E-state index is 0.0249. The molecule has 0 radical (unpaired) electrons. The first kappa shape index (κ1) is 11.9. The number of aliphatic hydroxyl groups excluding tert-OH is 1. The number of rotatable bonds is 2. The third-order valence-electron chi connectivity index (χ3n) is 2.94. The van der Waals surface area contributed by atoms with E-state index in [1.54, 1.807) is 11.0 Å². The molecule has 0 aliphatic carbocycles. The van der Waals surface area contributed by atoms with Crippen molar-refractivity contribution in [3.8, 4) is 0 Å². The van der Waals surface area contributed by atoms with Gasteiger partial charge in [-0.3, -0.25) is 4.79 Å². The summed E-state index contributed by atoms with van der Waals surface area (Å²) in [6.07, 6.45) is 3.72. The molecule has 1 amide bonds. The largest absolute Gasteiger partial charge is 0.391 e. The minimum atomic E-state index is -0.355. The van der Waals surface area contributed by atoms with E-state index in [1.165, 1.54) is 5.56 Å². The van der Waals surface area contributed by atoms with Gasteiger partial charge in [-0.1, -0.05) is 29.8 Å². The van der Waals surface area contributed by atoms with Crippen LogP contribution in [0, 0.1) is 6.92 Å². The lowest BCUT2D eigenvalue weighted by Crippen LogP contribution is -2.27. The van der Waals surface area contributed by atoms with E-state index in [1.807, 2.05) is 37.3 Å². The molecular formula is C14H17NO2. The first-order valence-corrected chi connectivity index (χ1v) is 5.87. The lowest BCUT2D eigenvalue weighted by atomic mass is 10.1. The van der Waals surface area contributed by atoms with Gasteiger partial charge in [0.2, 0.25) is 5.91 Å². The predicted octanol–water partition coefficient (Wildman–Crippen LogP) is 1.60. The van der Waals surface area contributed by atoms with Gasteiger partial charge < -0.3 is 10.0 Å². The molecule has 2 rings (SSSR count). The van der Waals surface area contributed by atoms with Gasteiger partial charge >= 0.3 is 0 Å². The highest BCUT2D eigenvalue weighted by Gasteiger charge is 2.22. The molecular weight excluding hydrogens is 214 g/mol. The third-order valence-corrected chi connectivity index (χ3v) is 2.94. The summed E-state index contributed by atoms with van der Waals surface area (Å²) in [5.41, 5.74) is 2.20. The second-order valence-electron chi connectivity index (χ2n) is 4.47. The van der Waals surface area contributed by atoms with Crippen LogP contribution in [-0.4, -0.2) is 35.1 Å². The van der Waals surface area contributed by atoms with Crippen LogP contribution in [0.2, 0.25) is 0 Å². The average molecular weight is 231 g/mol. The number of carbonyl (C=O) groups excluding carboxylic acids is 1. The highest BCUT2D eigenvalue weighted by Crippen LogP contribution is 2.10. The number of β-amino-alcohol motifs (C(OH)–C–C–N with tert-alkyl or cyclic N) is 1. The quantitative estimate of drug-likeness (QED) is 0.785. The Labute approximate surface area is 101 Å². The fraction of sp³-hybridized carbons (Fsp3) is 0.357. The number of likely N-dealkylation sites (tertiary alicyclic amines) is 1. The fourth-order valence-electron chi connectivity index (χ4n) is 1.99. The Morgan fingerprint density at radius 2 is 2.35 bits per heavy atom. The Hall–Kier alpha value is -1.61. The van der Waals surface area contributed by atoms with Gasteiger partial charge in [0.1, 0.15) is 0 Å². The van der Waals surface area contributed by atoms with Crippen molar-refractivity contribution >= 4 is 12.0 Å². The van der Waals surface area contributed by atoms with Gasteiger partial charge in [-0.05, 0) is 25.0 Å². The Morgan fingerprint density at radius 1 is 1.53 bits per heavy atom. The maximum atomic E-state index is 11.8. The number of nitrogens with zero attached hydrogens (tertiary/aromatic N) is 1. The lowest BCUT2D eigenvalue weighted by Gasteiger charge is -2.12. The van der Waals surface area contributed by atoms with Crippen molar-refractivity contribution in [3.05, 3.63) is 41.5 Å². The molecule has 1 aliphatic rings. The summed E-state index contributed by atoms with van der Waals surface area (Å²) in [5, 5.41) is 9.35. The molecule has 0 spiro atoms. The topological polar surface area (TPSA) is 40.5 Å². The summed E-state index contributed by atoms with van der Waals surface area (Å²) in [7, 11) is 0. The second kappa shape index (κ2) is 5.15. The highest BCUT2D eigenvalue weighted by molar-refractivity contribution is 5.92. The third kappa shape index (κ3) is 3.17. The van der Waals surface area contributed by atoms with Crippen LogP contribution >= 0.6 is 0 Å². The van der Waals surface area contributed by atoms with E-state index in [-0.39, 0.29) is 12.0 Å². The zero-order valence-corrected chi connectivity index (χ0v) is 9.97. The first-order chi connectivity index (χ1) is 8.15. The summed E-state index contributed by atoms with van der Waals surface area (Å²) in [6.45, 7) is 3.13. The van der Waals surface area contributed by atoms with Crippen LogP contribution < -0.4 is 0 Å². The Balaban J connectivity index is 1.98. The Morgan fingerprint density at radius 3 is 3.00 bits per heavy atom. The number of benzene rings is 1. The molecule has 0 bridgehead atoms. The van der Waals surface area contributed by atoms with Crippen molar-refractivity contribution in [3.63, 3.8) is 0 Å². The van der Waals surface area contributed by atoms with E-state index in [4.69, 9.17) is 0 Å². The molecule has 1 N–H and O–H groups in total. The van der Waals surface area contributed by atoms with Gasteiger partial charge in [0.25, 0.3) is 0 Å². The summed E-state index contributed by atoms with van der Waals surface area (Å²) >= 11 is 0. The van der Waals surface area contributed by atoms with Gasteiger partial charge in [-0.15, -0.1) is 0 Å². The van der Waals surface area contributed by atoms with Crippen LogP contribution in [-0.2, 0) is 4.79 Å². The zero-order chi connectivity index (χ0) is 12.3. The van der Waals surface area contributed by atoms with Crippen LogP contribution in [0.5, 0.6) is 0 Å². The van der Waals surface area contributed by atoms with Crippen molar-refractivity contribution in [1.29, 1.82) is 0 Å².